The minimum absolute atomic E-state index is 0.0325. The van der Waals surface area contributed by atoms with E-state index in [4.69, 9.17) is 9.47 Å². The van der Waals surface area contributed by atoms with Crippen LogP contribution in [0.2, 0.25) is 0 Å². The Bertz CT molecular complexity index is 226. The molecule has 0 amide bonds. The molecule has 0 aromatic rings. The first-order valence-corrected chi connectivity index (χ1v) is 5.82. The van der Waals surface area contributed by atoms with Crippen molar-refractivity contribution in [3.63, 3.8) is 0 Å². The number of ether oxygens (including phenoxy) is 2. The molecule has 0 bridgehead atoms. The second-order valence-corrected chi connectivity index (χ2v) is 4.24. The van der Waals surface area contributed by atoms with Crippen molar-refractivity contribution in [3.05, 3.63) is 0 Å². The number of esters is 1. The Morgan fingerprint density at radius 2 is 2.40 bits per heavy atom. The van der Waals surface area contributed by atoms with Gasteiger partial charge in [-0.05, 0) is 32.2 Å². The largest absolute Gasteiger partial charge is 0.466 e. The summed E-state index contributed by atoms with van der Waals surface area (Å²) in [6.07, 6.45) is 2.01. The lowest BCUT2D eigenvalue weighted by atomic mass is 9.90. The zero-order valence-electron chi connectivity index (χ0n) is 9.20. The normalized spacial score (nSPS) is 35.7. The summed E-state index contributed by atoms with van der Waals surface area (Å²) in [4.78, 5) is 11.7. The Morgan fingerprint density at radius 3 is 3.07 bits per heavy atom. The number of hydrogen-bond acceptors (Lipinski definition) is 4. The van der Waals surface area contributed by atoms with Crippen LogP contribution in [-0.4, -0.2) is 38.4 Å². The Balaban J connectivity index is 1.94. The second-order valence-electron chi connectivity index (χ2n) is 4.24. The average Bonchev–Trinajstić information content (AvgIpc) is 2.88. The van der Waals surface area contributed by atoms with E-state index in [0.717, 1.165) is 25.9 Å². The van der Waals surface area contributed by atoms with Crippen molar-refractivity contribution in [2.24, 2.45) is 11.8 Å². The Labute approximate surface area is 90.3 Å². The number of carbonyl (C=O) groups is 1. The van der Waals surface area contributed by atoms with Crippen LogP contribution in [0, 0.1) is 11.8 Å². The SMILES string of the molecule is CCOC(=O)[C@@H]1CCO[C@H]1C1CCNC1. The van der Waals surface area contributed by atoms with E-state index in [1.807, 2.05) is 6.92 Å². The molecule has 0 aromatic heterocycles. The van der Waals surface area contributed by atoms with Crippen molar-refractivity contribution in [1.82, 2.24) is 5.32 Å². The van der Waals surface area contributed by atoms with E-state index in [-0.39, 0.29) is 18.0 Å². The smallest absolute Gasteiger partial charge is 0.311 e. The maximum atomic E-state index is 11.7. The third kappa shape index (κ3) is 2.32. The molecule has 3 atom stereocenters. The molecule has 2 fully saturated rings. The highest BCUT2D eigenvalue weighted by atomic mass is 16.5. The number of rotatable bonds is 3. The van der Waals surface area contributed by atoms with Gasteiger partial charge in [0.1, 0.15) is 0 Å². The van der Waals surface area contributed by atoms with E-state index < -0.39 is 0 Å². The van der Waals surface area contributed by atoms with Crippen LogP contribution in [0.3, 0.4) is 0 Å². The first kappa shape index (κ1) is 10.9. The summed E-state index contributed by atoms with van der Waals surface area (Å²) < 4.78 is 10.8. The molecule has 2 aliphatic heterocycles. The molecule has 15 heavy (non-hydrogen) atoms. The second kappa shape index (κ2) is 4.94. The van der Waals surface area contributed by atoms with Crippen LogP contribution in [0.1, 0.15) is 19.8 Å². The van der Waals surface area contributed by atoms with Crippen LogP contribution in [0.5, 0.6) is 0 Å². The minimum Gasteiger partial charge on any atom is -0.466 e. The van der Waals surface area contributed by atoms with Gasteiger partial charge in [0.25, 0.3) is 0 Å². The zero-order valence-corrected chi connectivity index (χ0v) is 9.20. The Morgan fingerprint density at radius 1 is 1.53 bits per heavy atom. The van der Waals surface area contributed by atoms with E-state index in [2.05, 4.69) is 5.32 Å². The van der Waals surface area contributed by atoms with Gasteiger partial charge >= 0.3 is 5.97 Å². The highest BCUT2D eigenvalue weighted by Crippen LogP contribution is 2.30. The molecule has 1 N–H and O–H groups in total. The molecule has 0 radical (unpaired) electrons. The summed E-state index contributed by atoms with van der Waals surface area (Å²) in [6, 6.07) is 0. The zero-order chi connectivity index (χ0) is 10.7. The van der Waals surface area contributed by atoms with Gasteiger partial charge in [-0.2, -0.15) is 0 Å². The minimum atomic E-state index is -0.0769. The monoisotopic (exact) mass is 213 g/mol. The van der Waals surface area contributed by atoms with Gasteiger partial charge in [-0.3, -0.25) is 4.79 Å². The molecule has 2 heterocycles. The predicted octanol–water partition coefficient (Wildman–Crippen LogP) is 0.564. The van der Waals surface area contributed by atoms with Crippen molar-refractivity contribution < 1.29 is 14.3 Å². The summed E-state index contributed by atoms with van der Waals surface area (Å²) >= 11 is 0. The van der Waals surface area contributed by atoms with Gasteiger partial charge in [0.05, 0.1) is 18.6 Å². The highest BCUT2D eigenvalue weighted by Gasteiger charge is 2.40. The topological polar surface area (TPSA) is 47.6 Å². The van der Waals surface area contributed by atoms with Crippen LogP contribution in [-0.2, 0) is 14.3 Å². The molecule has 86 valence electrons. The first-order chi connectivity index (χ1) is 7.33. The van der Waals surface area contributed by atoms with Gasteiger partial charge in [-0.1, -0.05) is 0 Å². The number of nitrogens with one attached hydrogen (secondary N) is 1. The Hall–Kier alpha value is -0.610. The molecule has 4 heteroatoms. The molecule has 1 unspecified atom stereocenters. The van der Waals surface area contributed by atoms with Crippen LogP contribution in [0.4, 0.5) is 0 Å². The van der Waals surface area contributed by atoms with Crippen LogP contribution < -0.4 is 5.32 Å². The summed E-state index contributed by atoms with van der Waals surface area (Å²) in [5.41, 5.74) is 0. The molecule has 2 aliphatic rings. The van der Waals surface area contributed by atoms with Gasteiger partial charge in [-0.15, -0.1) is 0 Å². The van der Waals surface area contributed by atoms with Crippen molar-refractivity contribution in [2.75, 3.05) is 26.3 Å². The lowest BCUT2D eigenvalue weighted by Gasteiger charge is -2.22. The molecular weight excluding hydrogens is 194 g/mol. The first-order valence-electron chi connectivity index (χ1n) is 5.82. The number of carbonyl (C=O) groups excluding carboxylic acids is 1. The lowest BCUT2D eigenvalue weighted by Crippen LogP contribution is -2.33. The maximum absolute atomic E-state index is 11.7. The van der Waals surface area contributed by atoms with Crippen molar-refractivity contribution in [2.45, 2.75) is 25.9 Å². The van der Waals surface area contributed by atoms with E-state index >= 15 is 0 Å². The van der Waals surface area contributed by atoms with Crippen molar-refractivity contribution in [3.8, 4) is 0 Å². The maximum Gasteiger partial charge on any atom is 0.311 e. The van der Waals surface area contributed by atoms with Gasteiger partial charge in [-0.25, -0.2) is 0 Å². The van der Waals surface area contributed by atoms with Crippen molar-refractivity contribution >= 4 is 5.97 Å². The van der Waals surface area contributed by atoms with Crippen LogP contribution >= 0.6 is 0 Å². The number of hydrogen-bond donors (Lipinski definition) is 1. The standard InChI is InChI=1S/C11H19NO3/c1-2-14-11(13)9-4-6-15-10(9)8-3-5-12-7-8/h8-10,12H,2-7H2,1H3/t8?,9-,10+/m1/s1. The van der Waals surface area contributed by atoms with E-state index in [1.54, 1.807) is 0 Å². The molecule has 0 spiro atoms. The van der Waals surface area contributed by atoms with E-state index in [1.165, 1.54) is 0 Å². The fraction of sp³-hybridized carbons (Fsp3) is 0.909. The van der Waals surface area contributed by atoms with Gasteiger partial charge in [0.2, 0.25) is 0 Å². The fourth-order valence-corrected chi connectivity index (χ4v) is 2.53. The molecule has 4 nitrogen and oxygen atoms in total. The Kier molecular flexibility index (Phi) is 3.59. The summed E-state index contributed by atoms with van der Waals surface area (Å²) in [7, 11) is 0. The molecular formula is C11H19NO3. The van der Waals surface area contributed by atoms with Gasteiger partial charge in [0.15, 0.2) is 0 Å². The fourth-order valence-electron chi connectivity index (χ4n) is 2.53. The van der Waals surface area contributed by atoms with Gasteiger partial charge in [0, 0.05) is 13.2 Å². The molecule has 2 rings (SSSR count). The van der Waals surface area contributed by atoms with Crippen LogP contribution in [0.25, 0.3) is 0 Å². The summed E-state index contributed by atoms with van der Waals surface area (Å²) in [5.74, 6) is 0.378. The van der Waals surface area contributed by atoms with Gasteiger partial charge < -0.3 is 14.8 Å². The molecule has 0 aliphatic carbocycles. The average molecular weight is 213 g/mol. The molecule has 2 saturated heterocycles. The predicted molar refractivity (Wildman–Crippen MR) is 55.5 cm³/mol. The lowest BCUT2D eigenvalue weighted by molar-refractivity contribution is -0.150. The molecule has 0 saturated carbocycles. The van der Waals surface area contributed by atoms with E-state index in [0.29, 0.717) is 19.1 Å². The highest BCUT2D eigenvalue weighted by molar-refractivity contribution is 5.73. The summed E-state index contributed by atoms with van der Waals surface area (Å²) in [5, 5.41) is 3.31. The van der Waals surface area contributed by atoms with Crippen molar-refractivity contribution in [1.29, 1.82) is 0 Å². The molecule has 0 aromatic carbocycles. The third-order valence-corrected chi connectivity index (χ3v) is 3.29. The van der Waals surface area contributed by atoms with E-state index in [9.17, 15) is 4.79 Å². The third-order valence-electron chi connectivity index (χ3n) is 3.29. The quantitative estimate of drug-likeness (QED) is 0.696. The summed E-state index contributed by atoms with van der Waals surface area (Å²) in [6.45, 7) is 5.02. The van der Waals surface area contributed by atoms with Crippen LogP contribution in [0.15, 0.2) is 0 Å².